The van der Waals surface area contributed by atoms with E-state index in [9.17, 15) is 13.2 Å². The van der Waals surface area contributed by atoms with E-state index >= 15 is 0 Å². The number of nitrogens with zero attached hydrogens (tertiary/aromatic N) is 1. The molecule has 0 bridgehead atoms. The Hall–Kier alpha value is -1.40. The predicted octanol–water partition coefficient (Wildman–Crippen LogP) is 2.33. The van der Waals surface area contributed by atoms with Gasteiger partial charge in [0.15, 0.2) is 9.84 Å². The van der Waals surface area contributed by atoms with Crippen molar-refractivity contribution >= 4 is 21.4 Å². The van der Waals surface area contributed by atoms with E-state index < -0.39 is 9.84 Å². The third kappa shape index (κ3) is 6.71. The van der Waals surface area contributed by atoms with Gasteiger partial charge < -0.3 is 5.32 Å². The van der Waals surface area contributed by atoms with E-state index in [0.29, 0.717) is 6.54 Å². The number of carbonyl (C=O) groups excluding carboxylic acids is 1. The van der Waals surface area contributed by atoms with Crippen LogP contribution in [-0.2, 0) is 21.1 Å². The largest absolute Gasteiger partial charge is 0.325 e. The lowest BCUT2D eigenvalue weighted by atomic mass is 10.1. The maximum Gasteiger partial charge on any atom is 0.238 e. The number of hydrogen-bond acceptors (Lipinski definition) is 4. The fraction of sp³-hybridized carbons (Fsp3) is 0.588. The van der Waals surface area contributed by atoms with Gasteiger partial charge in [-0.1, -0.05) is 32.9 Å². The Morgan fingerprint density at radius 2 is 1.96 bits per heavy atom. The third-order valence-electron chi connectivity index (χ3n) is 3.93. The van der Waals surface area contributed by atoms with Gasteiger partial charge in [0.25, 0.3) is 0 Å². The molecule has 0 aliphatic carbocycles. The number of amides is 1. The molecule has 0 aliphatic rings. The van der Waals surface area contributed by atoms with Gasteiger partial charge in [-0.25, -0.2) is 8.42 Å². The highest BCUT2D eigenvalue weighted by molar-refractivity contribution is 7.91. The summed E-state index contributed by atoms with van der Waals surface area (Å²) in [5.74, 6) is 0.0850. The van der Waals surface area contributed by atoms with Gasteiger partial charge in [-0.3, -0.25) is 9.69 Å². The first kappa shape index (κ1) is 19.6. The highest BCUT2D eigenvalue weighted by atomic mass is 32.2. The summed E-state index contributed by atoms with van der Waals surface area (Å²) < 4.78 is 23.5. The topological polar surface area (TPSA) is 66.5 Å². The Balaban J connectivity index is 2.65. The molecule has 1 amide bonds. The highest BCUT2D eigenvalue weighted by Crippen LogP contribution is 2.11. The molecule has 1 rings (SSSR count). The molecule has 0 aliphatic heterocycles. The zero-order valence-corrected chi connectivity index (χ0v) is 15.3. The molecule has 1 aromatic carbocycles. The molecule has 23 heavy (non-hydrogen) atoms. The minimum Gasteiger partial charge on any atom is -0.325 e. The van der Waals surface area contributed by atoms with Crippen LogP contribution in [0.1, 0.15) is 33.3 Å². The molecule has 0 saturated carbocycles. The second-order valence-corrected chi connectivity index (χ2v) is 8.11. The third-order valence-corrected chi connectivity index (χ3v) is 5.80. The summed E-state index contributed by atoms with van der Waals surface area (Å²) in [4.78, 5) is 14.1. The molecule has 0 radical (unpaired) electrons. The van der Waals surface area contributed by atoms with Crippen LogP contribution in [0.3, 0.4) is 0 Å². The van der Waals surface area contributed by atoms with Crippen molar-refractivity contribution in [1.82, 2.24) is 4.90 Å². The van der Waals surface area contributed by atoms with Crippen molar-refractivity contribution in [1.29, 1.82) is 0 Å². The molecule has 1 N–H and O–H groups in total. The Labute approximate surface area is 140 Å². The van der Waals surface area contributed by atoms with Crippen molar-refractivity contribution < 1.29 is 13.2 Å². The van der Waals surface area contributed by atoms with Gasteiger partial charge in [0, 0.05) is 17.5 Å². The first-order valence-corrected chi connectivity index (χ1v) is 9.96. The molecule has 0 saturated heterocycles. The Kier molecular flexibility index (Phi) is 7.72. The maximum atomic E-state index is 12.2. The zero-order chi connectivity index (χ0) is 17.5. The van der Waals surface area contributed by atoms with E-state index in [1.165, 1.54) is 0 Å². The van der Waals surface area contributed by atoms with Gasteiger partial charge in [-0.05, 0) is 37.6 Å². The Bertz CT molecular complexity index is 614. The zero-order valence-electron chi connectivity index (χ0n) is 14.5. The van der Waals surface area contributed by atoms with Crippen LogP contribution in [0.2, 0.25) is 0 Å². The van der Waals surface area contributed by atoms with Crippen molar-refractivity contribution in [2.45, 2.75) is 40.2 Å². The van der Waals surface area contributed by atoms with Crippen LogP contribution in [0.15, 0.2) is 24.3 Å². The van der Waals surface area contributed by atoms with Gasteiger partial charge in [0.05, 0.1) is 12.3 Å². The summed E-state index contributed by atoms with van der Waals surface area (Å²) in [6, 6.07) is 7.57. The van der Waals surface area contributed by atoms with E-state index in [0.717, 1.165) is 17.7 Å². The standard InChI is InChI=1S/C17H28N2O3S/c1-5-15-9-8-10-16(11-15)18-17(20)12-19(6-2)14(4)13-23(21,22)7-3/h8-11,14H,5-7,12-13H2,1-4H3,(H,18,20). The minimum absolute atomic E-state index is 0.0793. The number of rotatable bonds is 9. The quantitative estimate of drug-likeness (QED) is 0.749. The van der Waals surface area contributed by atoms with Gasteiger partial charge >= 0.3 is 0 Å². The molecule has 5 nitrogen and oxygen atoms in total. The van der Waals surface area contributed by atoms with E-state index in [4.69, 9.17) is 0 Å². The lowest BCUT2D eigenvalue weighted by molar-refractivity contribution is -0.117. The lowest BCUT2D eigenvalue weighted by Gasteiger charge is -2.26. The summed E-state index contributed by atoms with van der Waals surface area (Å²) in [7, 11) is -3.05. The molecular weight excluding hydrogens is 312 g/mol. The van der Waals surface area contributed by atoms with E-state index in [-0.39, 0.29) is 30.0 Å². The van der Waals surface area contributed by atoms with Crippen LogP contribution < -0.4 is 5.32 Å². The van der Waals surface area contributed by atoms with Crippen molar-refractivity contribution in [3.8, 4) is 0 Å². The van der Waals surface area contributed by atoms with Crippen molar-refractivity contribution in [3.63, 3.8) is 0 Å². The van der Waals surface area contributed by atoms with Gasteiger partial charge in [0.2, 0.25) is 5.91 Å². The average Bonchev–Trinajstić information content (AvgIpc) is 2.52. The molecule has 0 heterocycles. The molecule has 1 atom stereocenters. The molecule has 130 valence electrons. The van der Waals surface area contributed by atoms with Crippen LogP contribution in [-0.4, -0.2) is 49.9 Å². The second-order valence-electron chi connectivity index (χ2n) is 5.71. The Morgan fingerprint density at radius 3 is 2.52 bits per heavy atom. The number of likely N-dealkylation sites (N-methyl/N-ethyl adjacent to an activating group) is 1. The molecule has 1 aromatic rings. The SMILES string of the molecule is CCc1cccc(NC(=O)CN(CC)C(C)CS(=O)(=O)CC)c1. The number of hydrogen-bond donors (Lipinski definition) is 1. The monoisotopic (exact) mass is 340 g/mol. The fourth-order valence-electron chi connectivity index (χ4n) is 2.42. The smallest absolute Gasteiger partial charge is 0.238 e. The van der Waals surface area contributed by atoms with Gasteiger partial charge in [-0.15, -0.1) is 0 Å². The molecule has 0 fully saturated rings. The first-order valence-electron chi connectivity index (χ1n) is 8.14. The van der Waals surface area contributed by atoms with E-state index in [1.54, 1.807) is 6.92 Å². The molecule has 1 unspecified atom stereocenters. The summed E-state index contributed by atoms with van der Waals surface area (Å²) >= 11 is 0. The Morgan fingerprint density at radius 1 is 1.26 bits per heavy atom. The molecule has 0 spiro atoms. The van der Waals surface area contributed by atoms with Crippen molar-refractivity contribution in [3.05, 3.63) is 29.8 Å². The number of aryl methyl sites for hydroxylation is 1. The van der Waals surface area contributed by atoms with Crippen LogP contribution in [0.4, 0.5) is 5.69 Å². The molecule has 6 heteroatoms. The van der Waals surface area contributed by atoms with E-state index in [1.807, 2.05) is 43.0 Å². The number of sulfone groups is 1. The minimum atomic E-state index is -3.05. The highest BCUT2D eigenvalue weighted by Gasteiger charge is 2.21. The first-order chi connectivity index (χ1) is 10.8. The molecular formula is C17H28N2O3S. The number of nitrogens with one attached hydrogen (secondary N) is 1. The summed E-state index contributed by atoms with van der Waals surface area (Å²) in [5, 5.41) is 2.88. The van der Waals surface area contributed by atoms with Crippen LogP contribution in [0, 0.1) is 0 Å². The van der Waals surface area contributed by atoms with Crippen molar-refractivity contribution in [2.75, 3.05) is 29.9 Å². The van der Waals surface area contributed by atoms with Gasteiger partial charge in [-0.2, -0.15) is 0 Å². The lowest BCUT2D eigenvalue weighted by Crippen LogP contribution is -2.42. The number of anilines is 1. The average molecular weight is 340 g/mol. The summed E-state index contributed by atoms with van der Waals surface area (Å²) in [6.07, 6.45) is 0.913. The predicted molar refractivity (Wildman–Crippen MR) is 95.5 cm³/mol. The molecule has 0 aromatic heterocycles. The fourth-order valence-corrected chi connectivity index (χ4v) is 3.61. The summed E-state index contributed by atoms with van der Waals surface area (Å²) in [5.41, 5.74) is 1.94. The van der Waals surface area contributed by atoms with Crippen molar-refractivity contribution in [2.24, 2.45) is 0 Å². The van der Waals surface area contributed by atoms with Gasteiger partial charge in [0.1, 0.15) is 0 Å². The number of carbonyl (C=O) groups is 1. The van der Waals surface area contributed by atoms with E-state index in [2.05, 4.69) is 12.2 Å². The van der Waals surface area contributed by atoms with Crippen LogP contribution in [0.5, 0.6) is 0 Å². The normalized spacial score (nSPS) is 13.1. The van der Waals surface area contributed by atoms with Crippen LogP contribution in [0.25, 0.3) is 0 Å². The maximum absolute atomic E-state index is 12.2. The van der Waals surface area contributed by atoms with Crippen LogP contribution >= 0.6 is 0 Å². The second kappa shape index (κ2) is 9.03. The number of benzene rings is 1. The summed E-state index contributed by atoms with van der Waals surface area (Å²) in [6.45, 7) is 8.30.